The molecular weight excluding hydrogens is 454 g/mol. The van der Waals surface area contributed by atoms with E-state index in [0.29, 0.717) is 17.1 Å². The summed E-state index contributed by atoms with van der Waals surface area (Å²) >= 11 is 2.08. The molecule has 0 aromatic heterocycles. The lowest BCUT2D eigenvalue weighted by atomic mass is 9.72. The number of nitro groups is 1. The van der Waals surface area contributed by atoms with E-state index in [9.17, 15) is 19.7 Å². The second-order valence-corrected chi connectivity index (χ2v) is 9.85. The number of nitrogens with zero attached hydrogens (tertiary/aromatic N) is 1. The van der Waals surface area contributed by atoms with E-state index in [4.69, 9.17) is 0 Å². The van der Waals surface area contributed by atoms with Crippen molar-refractivity contribution in [3.63, 3.8) is 0 Å². The Morgan fingerprint density at radius 3 is 1.58 bits per heavy atom. The van der Waals surface area contributed by atoms with Crippen LogP contribution in [-0.4, -0.2) is 21.7 Å². The van der Waals surface area contributed by atoms with E-state index in [0.717, 1.165) is 34.7 Å². The van der Waals surface area contributed by atoms with Crippen LogP contribution in [0, 0.1) is 16.0 Å². The first kappa shape index (κ1) is 24.7. The maximum Gasteiger partial charge on any atom is 0.214 e. The number of thioether (sulfide) groups is 2. The highest BCUT2D eigenvalue weighted by atomic mass is 32.2. The van der Waals surface area contributed by atoms with Gasteiger partial charge in [0.1, 0.15) is 5.92 Å². The van der Waals surface area contributed by atoms with Crippen molar-refractivity contribution in [2.45, 2.75) is 23.8 Å². The quantitative estimate of drug-likeness (QED) is 0.209. The van der Waals surface area contributed by atoms with Gasteiger partial charge in [0.05, 0.1) is 5.41 Å². The first-order chi connectivity index (χ1) is 15.9. The molecule has 0 saturated heterocycles. The van der Waals surface area contributed by atoms with E-state index < -0.39 is 22.8 Å². The summed E-state index contributed by atoms with van der Waals surface area (Å²) in [6.07, 6.45) is 0. The number of rotatable bonds is 10. The monoisotopic (exact) mass is 479 g/mol. The van der Waals surface area contributed by atoms with E-state index >= 15 is 0 Å². The lowest BCUT2D eigenvalue weighted by molar-refractivity contribution is -0.491. The van der Waals surface area contributed by atoms with Crippen LogP contribution >= 0.6 is 23.5 Å². The van der Waals surface area contributed by atoms with Crippen LogP contribution in [0.1, 0.15) is 23.6 Å². The van der Waals surface area contributed by atoms with Gasteiger partial charge in [-0.05, 0) is 23.6 Å². The summed E-state index contributed by atoms with van der Waals surface area (Å²) in [6, 6.07) is 27.8. The molecule has 0 saturated carbocycles. The van der Waals surface area contributed by atoms with Crippen molar-refractivity contribution >= 4 is 33.8 Å². The highest BCUT2D eigenvalue weighted by molar-refractivity contribution is 8.15. The lowest BCUT2D eigenvalue weighted by Crippen LogP contribution is -2.45. The SMILES string of the molecule is C[C@@](C[N+](=O)[O-])(c1ccccc1)C(C(=O)SCc1ccccc1)C(=O)SCc1ccccc1. The predicted molar refractivity (Wildman–Crippen MR) is 135 cm³/mol. The van der Waals surface area contributed by atoms with Gasteiger partial charge in [-0.15, -0.1) is 0 Å². The van der Waals surface area contributed by atoms with Crippen molar-refractivity contribution in [2.24, 2.45) is 5.92 Å². The molecule has 3 rings (SSSR count). The second-order valence-electron chi connectivity index (χ2n) is 7.89. The van der Waals surface area contributed by atoms with Gasteiger partial charge in [-0.2, -0.15) is 0 Å². The lowest BCUT2D eigenvalue weighted by Gasteiger charge is -2.32. The van der Waals surface area contributed by atoms with E-state index in [1.54, 1.807) is 31.2 Å². The Kier molecular flexibility index (Phi) is 8.86. The third kappa shape index (κ3) is 6.79. The molecule has 0 fully saturated rings. The molecule has 0 unspecified atom stereocenters. The molecule has 0 aliphatic carbocycles. The number of benzene rings is 3. The standard InChI is InChI=1S/C26H25NO4S2/c1-26(19-27(30)31,22-15-9-4-10-16-22)23(24(28)32-17-20-11-5-2-6-12-20)25(29)33-18-21-13-7-3-8-14-21/h2-16,23H,17-19H2,1H3/t26-/m1/s1. The minimum Gasteiger partial charge on any atom is -0.286 e. The minimum atomic E-state index is -1.27. The maximum absolute atomic E-state index is 13.5. The van der Waals surface area contributed by atoms with Crippen LogP contribution in [0.5, 0.6) is 0 Å². The van der Waals surface area contributed by atoms with Gasteiger partial charge in [-0.25, -0.2) is 0 Å². The number of hydrogen-bond donors (Lipinski definition) is 0. The van der Waals surface area contributed by atoms with Crippen LogP contribution < -0.4 is 0 Å². The van der Waals surface area contributed by atoms with Gasteiger partial charge in [0, 0.05) is 16.4 Å². The number of carbonyl (C=O) groups is 2. The average molecular weight is 480 g/mol. The fraction of sp³-hybridized carbons (Fsp3) is 0.231. The van der Waals surface area contributed by atoms with Crippen molar-refractivity contribution < 1.29 is 14.5 Å². The molecule has 33 heavy (non-hydrogen) atoms. The highest BCUT2D eigenvalue weighted by Gasteiger charge is 2.48. The van der Waals surface area contributed by atoms with Gasteiger partial charge in [0.15, 0.2) is 0 Å². The van der Waals surface area contributed by atoms with Crippen molar-refractivity contribution in [3.05, 3.63) is 118 Å². The van der Waals surface area contributed by atoms with Crippen molar-refractivity contribution in [1.82, 2.24) is 0 Å². The molecular formula is C26H25NO4S2. The average Bonchev–Trinajstić information content (AvgIpc) is 2.83. The summed E-state index contributed by atoms with van der Waals surface area (Å²) in [5, 5.41) is 11.0. The van der Waals surface area contributed by atoms with Gasteiger partial charge < -0.3 is 0 Å². The molecule has 7 heteroatoms. The second kappa shape index (κ2) is 11.8. The Morgan fingerprint density at radius 2 is 1.18 bits per heavy atom. The van der Waals surface area contributed by atoms with Crippen LogP contribution in [0.2, 0.25) is 0 Å². The number of hydrogen-bond acceptors (Lipinski definition) is 6. The molecule has 0 N–H and O–H groups in total. The largest absolute Gasteiger partial charge is 0.286 e. The Morgan fingerprint density at radius 1 is 0.788 bits per heavy atom. The topological polar surface area (TPSA) is 77.3 Å². The summed E-state index contributed by atoms with van der Waals surface area (Å²) in [5.74, 6) is -0.362. The molecule has 170 valence electrons. The van der Waals surface area contributed by atoms with Gasteiger partial charge >= 0.3 is 0 Å². The summed E-state index contributed by atoms with van der Waals surface area (Å²) in [4.78, 5) is 38.2. The third-order valence-corrected chi connectivity index (χ3v) is 7.44. The van der Waals surface area contributed by atoms with E-state index in [1.807, 2.05) is 66.7 Å². The summed E-state index contributed by atoms with van der Waals surface area (Å²) in [5.41, 5.74) is 1.24. The van der Waals surface area contributed by atoms with Gasteiger partial charge in [-0.3, -0.25) is 19.7 Å². The van der Waals surface area contributed by atoms with E-state index in [1.165, 1.54) is 0 Å². The molecule has 3 aromatic carbocycles. The van der Waals surface area contributed by atoms with Crippen molar-refractivity contribution in [3.8, 4) is 0 Å². The molecule has 0 spiro atoms. The molecule has 5 nitrogen and oxygen atoms in total. The van der Waals surface area contributed by atoms with Gasteiger partial charge in [0.25, 0.3) is 0 Å². The zero-order chi connectivity index (χ0) is 23.7. The van der Waals surface area contributed by atoms with Gasteiger partial charge in [-0.1, -0.05) is 115 Å². The Bertz CT molecular complexity index is 1020. The molecule has 0 amide bonds. The molecule has 0 bridgehead atoms. The van der Waals surface area contributed by atoms with E-state index in [2.05, 4.69) is 0 Å². The summed E-state index contributed by atoms with van der Waals surface area (Å²) < 4.78 is 0. The first-order valence-corrected chi connectivity index (χ1v) is 12.5. The molecule has 1 atom stereocenters. The molecule has 3 aromatic rings. The Hall–Kier alpha value is -2.90. The van der Waals surface area contributed by atoms with E-state index in [-0.39, 0.29) is 10.2 Å². The first-order valence-electron chi connectivity index (χ1n) is 10.5. The minimum absolute atomic E-state index is 0.349. The van der Waals surface area contributed by atoms with Crippen LogP contribution in [0.3, 0.4) is 0 Å². The van der Waals surface area contributed by atoms with Crippen LogP contribution in [-0.2, 0) is 26.5 Å². The highest BCUT2D eigenvalue weighted by Crippen LogP contribution is 2.39. The Labute approximate surface area is 202 Å². The maximum atomic E-state index is 13.5. The van der Waals surface area contributed by atoms with Crippen LogP contribution in [0.25, 0.3) is 0 Å². The van der Waals surface area contributed by atoms with Crippen LogP contribution in [0.4, 0.5) is 0 Å². The summed E-state index contributed by atoms with van der Waals surface area (Å²) in [6.45, 7) is 1.13. The zero-order valence-corrected chi connectivity index (χ0v) is 19.9. The summed E-state index contributed by atoms with van der Waals surface area (Å²) in [7, 11) is 0. The smallest absolute Gasteiger partial charge is 0.214 e. The predicted octanol–water partition coefficient (Wildman–Crippen LogP) is 5.76. The zero-order valence-electron chi connectivity index (χ0n) is 18.3. The van der Waals surface area contributed by atoms with Crippen LogP contribution in [0.15, 0.2) is 91.0 Å². The molecule has 0 radical (unpaired) electrons. The van der Waals surface area contributed by atoms with Crippen molar-refractivity contribution in [2.75, 3.05) is 6.54 Å². The molecule has 0 heterocycles. The third-order valence-electron chi connectivity index (χ3n) is 5.45. The van der Waals surface area contributed by atoms with Gasteiger partial charge in [0.2, 0.25) is 16.8 Å². The molecule has 0 aliphatic rings. The van der Waals surface area contributed by atoms with Crippen molar-refractivity contribution in [1.29, 1.82) is 0 Å². The fourth-order valence-corrected chi connectivity index (χ4v) is 5.82. The normalized spacial score (nSPS) is 12.8. The number of carbonyl (C=O) groups excluding carboxylic acids is 2. The Balaban J connectivity index is 1.91. The molecule has 0 aliphatic heterocycles. The fourth-order valence-electron chi connectivity index (χ4n) is 3.68.